The quantitative estimate of drug-likeness (QED) is 0.318. The van der Waals surface area contributed by atoms with E-state index in [4.69, 9.17) is 9.47 Å². The van der Waals surface area contributed by atoms with Gasteiger partial charge in [-0.05, 0) is 6.42 Å². The molecule has 0 aliphatic heterocycles. The van der Waals surface area contributed by atoms with E-state index in [1.807, 2.05) is 0 Å². The average molecular weight is 325 g/mol. The molecule has 0 amide bonds. The van der Waals surface area contributed by atoms with Crippen molar-refractivity contribution in [2.75, 3.05) is 26.9 Å². The number of rotatable bonds is 14. The van der Waals surface area contributed by atoms with Crippen LogP contribution in [0.25, 0.3) is 0 Å². The molecule has 110 valence electrons. The Kier molecular flexibility index (Phi) is 16.5. The standard InChI is InChI=1S/C11H32O3Si4/c1-13-6-11(12)7-14-4-3-5-16-9-18-10-17-8-15-2/h11-12H,3-10,15-18H2,1-2H3. The summed E-state index contributed by atoms with van der Waals surface area (Å²) in [7, 11) is 3.06. The van der Waals surface area contributed by atoms with Gasteiger partial charge in [0, 0.05) is 51.8 Å². The molecule has 0 rings (SSSR count). The van der Waals surface area contributed by atoms with Crippen LogP contribution in [0.3, 0.4) is 0 Å². The lowest BCUT2D eigenvalue weighted by Crippen LogP contribution is -2.21. The SMILES string of the molecule is COCC(O)COCCC[SiH2]C[SiH2]C[SiH2]C[SiH2]C. The molecule has 0 heterocycles. The minimum atomic E-state index is -0.452. The third-order valence-electron chi connectivity index (χ3n) is 3.06. The highest BCUT2D eigenvalue weighted by Crippen LogP contribution is 1.96. The van der Waals surface area contributed by atoms with Gasteiger partial charge in [-0.15, -0.1) is 0 Å². The van der Waals surface area contributed by atoms with Crippen LogP contribution in [-0.4, -0.2) is 76.2 Å². The van der Waals surface area contributed by atoms with Gasteiger partial charge in [-0.3, -0.25) is 0 Å². The predicted octanol–water partition coefficient (Wildman–Crippen LogP) is -1.33. The van der Waals surface area contributed by atoms with Gasteiger partial charge in [0.05, 0.1) is 13.2 Å². The first-order chi connectivity index (χ1) is 8.81. The van der Waals surface area contributed by atoms with Gasteiger partial charge in [-0.25, -0.2) is 0 Å². The Labute approximate surface area is 122 Å². The van der Waals surface area contributed by atoms with Crippen LogP contribution in [-0.2, 0) is 9.47 Å². The summed E-state index contributed by atoms with van der Waals surface area (Å²) >= 11 is 0. The zero-order chi connectivity index (χ0) is 13.5. The molecule has 0 spiro atoms. The van der Waals surface area contributed by atoms with E-state index in [0.717, 1.165) is 6.61 Å². The van der Waals surface area contributed by atoms with Gasteiger partial charge in [0.15, 0.2) is 0 Å². The van der Waals surface area contributed by atoms with Gasteiger partial charge < -0.3 is 14.6 Å². The lowest BCUT2D eigenvalue weighted by molar-refractivity contribution is -0.00579. The van der Waals surface area contributed by atoms with Gasteiger partial charge in [-0.2, -0.15) is 0 Å². The van der Waals surface area contributed by atoms with Gasteiger partial charge in [0.2, 0.25) is 0 Å². The summed E-state index contributed by atoms with van der Waals surface area (Å²) in [6.45, 7) is 4.08. The molecule has 0 saturated carbocycles. The summed E-state index contributed by atoms with van der Waals surface area (Å²) < 4.78 is 10.3. The van der Waals surface area contributed by atoms with E-state index >= 15 is 0 Å². The Hall–Kier alpha value is 0.748. The molecular formula is C11H32O3Si4. The topological polar surface area (TPSA) is 38.7 Å². The molecule has 3 nitrogen and oxygen atoms in total. The van der Waals surface area contributed by atoms with Crippen molar-refractivity contribution in [3.63, 3.8) is 0 Å². The molecule has 0 saturated heterocycles. The van der Waals surface area contributed by atoms with Gasteiger partial charge in [0.25, 0.3) is 0 Å². The first kappa shape index (κ1) is 18.7. The van der Waals surface area contributed by atoms with E-state index in [-0.39, 0.29) is 9.52 Å². The molecule has 0 aromatic heterocycles. The van der Waals surface area contributed by atoms with Crippen molar-refractivity contribution in [2.24, 2.45) is 0 Å². The van der Waals surface area contributed by atoms with E-state index in [9.17, 15) is 5.11 Å². The lowest BCUT2D eigenvalue weighted by Gasteiger charge is -2.09. The number of methoxy groups -OCH3 is 1. The Morgan fingerprint density at radius 1 is 1.06 bits per heavy atom. The van der Waals surface area contributed by atoms with Gasteiger partial charge in [-0.1, -0.05) is 29.6 Å². The summed E-state index contributed by atoms with van der Waals surface area (Å²) in [6.07, 6.45) is 0.756. The van der Waals surface area contributed by atoms with Gasteiger partial charge in [0.1, 0.15) is 6.10 Å². The fraction of sp³-hybridized carbons (Fsp3) is 1.00. The number of ether oxygens (including phenoxy) is 2. The van der Waals surface area contributed by atoms with Crippen molar-refractivity contribution in [1.29, 1.82) is 0 Å². The first-order valence-electron chi connectivity index (χ1n) is 7.56. The second-order valence-corrected chi connectivity index (χ2v) is 17.3. The third kappa shape index (κ3) is 14.8. The average Bonchev–Trinajstić information content (AvgIpc) is 2.36. The Balaban J connectivity index is 2.98. The predicted molar refractivity (Wildman–Crippen MR) is 92.6 cm³/mol. The van der Waals surface area contributed by atoms with Crippen molar-refractivity contribution in [1.82, 2.24) is 0 Å². The highest BCUT2D eigenvalue weighted by molar-refractivity contribution is 6.67. The molecule has 0 aliphatic rings. The summed E-state index contributed by atoms with van der Waals surface area (Å²) in [5.74, 6) is 0. The Morgan fingerprint density at radius 2 is 1.78 bits per heavy atom. The normalized spacial score (nSPS) is 15.5. The number of aliphatic hydroxyl groups is 1. The molecule has 0 fully saturated rings. The Morgan fingerprint density at radius 3 is 2.50 bits per heavy atom. The summed E-state index contributed by atoms with van der Waals surface area (Å²) in [5.41, 5.74) is 5.14. The molecular weight excluding hydrogens is 292 g/mol. The van der Waals surface area contributed by atoms with E-state index in [1.165, 1.54) is 12.5 Å². The van der Waals surface area contributed by atoms with Crippen molar-refractivity contribution in [3.05, 3.63) is 0 Å². The van der Waals surface area contributed by atoms with E-state index in [1.54, 1.807) is 24.1 Å². The molecule has 7 heteroatoms. The Bertz CT molecular complexity index is 163. The molecule has 0 aromatic rings. The lowest BCUT2D eigenvalue weighted by atomic mass is 10.4. The zero-order valence-corrected chi connectivity index (χ0v) is 18.0. The monoisotopic (exact) mass is 324 g/mol. The highest BCUT2D eigenvalue weighted by atomic mass is 28.3. The van der Waals surface area contributed by atoms with Crippen LogP contribution in [0.5, 0.6) is 0 Å². The highest BCUT2D eigenvalue weighted by Gasteiger charge is 2.02. The molecule has 0 bridgehead atoms. The largest absolute Gasteiger partial charge is 0.388 e. The van der Waals surface area contributed by atoms with Crippen LogP contribution in [0.4, 0.5) is 0 Å². The van der Waals surface area contributed by atoms with E-state index in [2.05, 4.69) is 6.55 Å². The molecule has 1 N–H and O–H groups in total. The molecule has 1 atom stereocenters. The molecule has 18 heavy (non-hydrogen) atoms. The van der Waals surface area contributed by atoms with Crippen LogP contribution < -0.4 is 0 Å². The minimum absolute atomic E-state index is 0.248. The zero-order valence-electron chi connectivity index (χ0n) is 12.3. The van der Waals surface area contributed by atoms with Crippen molar-refractivity contribution < 1.29 is 14.6 Å². The fourth-order valence-electron chi connectivity index (χ4n) is 1.97. The van der Waals surface area contributed by atoms with Crippen LogP contribution in [0.15, 0.2) is 0 Å². The van der Waals surface area contributed by atoms with Crippen LogP contribution in [0.2, 0.25) is 29.6 Å². The first-order valence-corrected chi connectivity index (χ1v) is 16.0. The van der Waals surface area contributed by atoms with E-state index < -0.39 is 6.10 Å². The molecule has 1 unspecified atom stereocenters. The van der Waals surface area contributed by atoms with Crippen LogP contribution >= 0.6 is 0 Å². The van der Waals surface area contributed by atoms with Crippen molar-refractivity contribution in [3.8, 4) is 0 Å². The summed E-state index contributed by atoms with van der Waals surface area (Å²) in [6, 6.07) is 1.44. The van der Waals surface area contributed by atoms with Gasteiger partial charge >= 0.3 is 0 Å². The maximum Gasteiger partial charge on any atom is 0.101 e. The number of aliphatic hydroxyl groups excluding tert-OH is 1. The minimum Gasteiger partial charge on any atom is -0.388 e. The second kappa shape index (κ2) is 15.8. The van der Waals surface area contributed by atoms with Crippen LogP contribution in [0, 0.1) is 0 Å². The number of hydrogen-bond acceptors (Lipinski definition) is 3. The smallest absolute Gasteiger partial charge is 0.101 e. The van der Waals surface area contributed by atoms with Crippen LogP contribution in [0.1, 0.15) is 6.42 Å². The number of hydrogen-bond donors (Lipinski definition) is 1. The maximum absolute atomic E-state index is 9.36. The fourth-order valence-corrected chi connectivity index (χ4v) is 18.0. The van der Waals surface area contributed by atoms with Crippen molar-refractivity contribution in [2.45, 2.75) is 42.1 Å². The molecule has 0 aliphatic carbocycles. The summed E-state index contributed by atoms with van der Waals surface area (Å²) in [4.78, 5) is 0. The summed E-state index contributed by atoms with van der Waals surface area (Å²) in [5, 5.41) is 9.36. The molecule has 0 radical (unpaired) electrons. The molecule has 0 aromatic carbocycles. The second-order valence-electron chi connectivity index (χ2n) is 5.01. The van der Waals surface area contributed by atoms with Crippen molar-refractivity contribution >= 4 is 38.1 Å². The maximum atomic E-state index is 9.36. The van der Waals surface area contributed by atoms with E-state index in [0.29, 0.717) is 41.8 Å². The third-order valence-corrected chi connectivity index (χ3v) is 16.9.